The van der Waals surface area contributed by atoms with Gasteiger partial charge in [0.1, 0.15) is 17.7 Å². The molecule has 1 aliphatic heterocycles. The van der Waals surface area contributed by atoms with Crippen molar-refractivity contribution in [2.24, 2.45) is 17.1 Å². The second-order valence-corrected chi connectivity index (χ2v) is 6.69. The van der Waals surface area contributed by atoms with Gasteiger partial charge in [-0.05, 0) is 23.7 Å². The first-order valence-electron chi connectivity index (χ1n) is 8.54. The van der Waals surface area contributed by atoms with Gasteiger partial charge in [0, 0.05) is 31.0 Å². The van der Waals surface area contributed by atoms with Crippen molar-refractivity contribution >= 4 is 0 Å². The zero-order chi connectivity index (χ0) is 19.8. The molecular formula is C20H17F2N5. The minimum Gasteiger partial charge on any atom is -0.399 e. The zero-order valence-corrected chi connectivity index (χ0v) is 14.7. The molecule has 1 aromatic carbocycles. The molecule has 2 aliphatic rings. The minimum atomic E-state index is -1.91. The quantitative estimate of drug-likeness (QED) is 0.868. The second-order valence-electron chi connectivity index (χ2n) is 6.69. The molecule has 0 spiro atoms. The van der Waals surface area contributed by atoms with Crippen LogP contribution in [0.25, 0.3) is 0 Å². The fourth-order valence-electron chi connectivity index (χ4n) is 4.10. The maximum absolute atomic E-state index is 14.7. The predicted octanol–water partition coefficient (Wildman–Crippen LogP) is 2.71. The highest BCUT2D eigenvalue weighted by molar-refractivity contribution is 5.59. The fourth-order valence-corrected chi connectivity index (χ4v) is 4.10. The lowest BCUT2D eigenvalue weighted by Crippen LogP contribution is -2.48. The van der Waals surface area contributed by atoms with E-state index in [1.807, 2.05) is 31.2 Å². The van der Waals surface area contributed by atoms with Gasteiger partial charge in [-0.1, -0.05) is 19.1 Å². The molecule has 2 N–H and O–H groups in total. The van der Waals surface area contributed by atoms with Crippen LogP contribution < -0.4 is 5.73 Å². The van der Waals surface area contributed by atoms with E-state index in [1.54, 1.807) is 0 Å². The number of nitriles is 3. The van der Waals surface area contributed by atoms with Gasteiger partial charge in [-0.2, -0.15) is 15.8 Å². The summed E-state index contributed by atoms with van der Waals surface area (Å²) in [7, 11) is 0. The van der Waals surface area contributed by atoms with Crippen molar-refractivity contribution in [3.63, 3.8) is 0 Å². The third-order valence-corrected chi connectivity index (χ3v) is 5.48. The van der Waals surface area contributed by atoms with Gasteiger partial charge >= 0.3 is 0 Å². The number of rotatable bonds is 2. The summed E-state index contributed by atoms with van der Waals surface area (Å²) in [5.41, 5.74) is 4.83. The van der Waals surface area contributed by atoms with E-state index in [0.29, 0.717) is 25.2 Å². The van der Waals surface area contributed by atoms with Gasteiger partial charge in [-0.25, -0.2) is 8.78 Å². The van der Waals surface area contributed by atoms with Crippen LogP contribution in [0, 0.1) is 57.0 Å². The Hall–Kier alpha value is -3.21. The maximum atomic E-state index is 14.7. The predicted molar refractivity (Wildman–Crippen MR) is 93.3 cm³/mol. The van der Waals surface area contributed by atoms with E-state index in [4.69, 9.17) is 5.73 Å². The average molecular weight is 365 g/mol. The first-order valence-corrected chi connectivity index (χ1v) is 8.54. The van der Waals surface area contributed by atoms with Gasteiger partial charge in [0.15, 0.2) is 5.41 Å². The molecule has 0 amide bonds. The molecule has 1 aliphatic carbocycles. The van der Waals surface area contributed by atoms with Gasteiger partial charge in [0.25, 0.3) is 0 Å². The van der Waals surface area contributed by atoms with Crippen molar-refractivity contribution in [3.8, 4) is 18.2 Å². The lowest BCUT2D eigenvalue weighted by molar-refractivity contribution is 0.212. The molecule has 0 saturated carbocycles. The normalized spacial score (nSPS) is 24.2. The first kappa shape index (κ1) is 18.6. The molecule has 0 aromatic heterocycles. The molecule has 7 heteroatoms. The average Bonchev–Trinajstić information content (AvgIpc) is 2.67. The lowest BCUT2D eigenvalue weighted by Gasteiger charge is -2.45. The largest absolute Gasteiger partial charge is 0.399 e. The van der Waals surface area contributed by atoms with E-state index in [9.17, 15) is 24.6 Å². The van der Waals surface area contributed by atoms with Gasteiger partial charge in [0.05, 0.1) is 23.4 Å². The Kier molecular flexibility index (Phi) is 4.70. The van der Waals surface area contributed by atoms with Gasteiger partial charge in [0.2, 0.25) is 0 Å². The highest BCUT2D eigenvalue weighted by atomic mass is 19.1. The SMILES string of the molecule is CCN1CC=C2C(C#N)=C(N)C(C#N)(C#N)C(c3ccc(F)cc3F)C2C1. The number of allylic oxidation sites excluding steroid dienone is 2. The minimum absolute atomic E-state index is 0.0493. The van der Waals surface area contributed by atoms with Crippen LogP contribution in [0.5, 0.6) is 0 Å². The summed E-state index contributed by atoms with van der Waals surface area (Å²) < 4.78 is 28.1. The van der Waals surface area contributed by atoms with Gasteiger partial charge < -0.3 is 5.73 Å². The molecule has 1 heterocycles. The highest BCUT2D eigenvalue weighted by Crippen LogP contribution is 2.54. The molecule has 0 saturated heterocycles. The van der Waals surface area contributed by atoms with Crippen molar-refractivity contribution in [2.75, 3.05) is 19.6 Å². The molecule has 3 rings (SSSR count). The summed E-state index contributed by atoms with van der Waals surface area (Å²) in [5, 5.41) is 29.4. The molecule has 136 valence electrons. The second kappa shape index (κ2) is 6.83. The third kappa shape index (κ3) is 2.67. The molecule has 0 radical (unpaired) electrons. The molecule has 2 unspecified atom stereocenters. The van der Waals surface area contributed by atoms with Crippen LogP contribution in [0.3, 0.4) is 0 Å². The monoisotopic (exact) mass is 365 g/mol. The Morgan fingerprint density at radius 3 is 2.52 bits per heavy atom. The van der Waals surface area contributed by atoms with E-state index >= 15 is 0 Å². The van der Waals surface area contributed by atoms with Crippen LogP contribution in [0.4, 0.5) is 8.78 Å². The number of fused-ring (bicyclic) bond motifs is 1. The number of hydrogen-bond acceptors (Lipinski definition) is 5. The van der Waals surface area contributed by atoms with E-state index in [2.05, 4.69) is 4.90 Å². The van der Waals surface area contributed by atoms with Gasteiger partial charge in [-0.3, -0.25) is 4.90 Å². The Bertz CT molecular complexity index is 960. The summed E-state index contributed by atoms with van der Waals surface area (Å²) in [6.45, 7) is 3.71. The first-order chi connectivity index (χ1) is 12.9. The standard InChI is InChI=1S/C20H17F2N5/c1-2-27-6-5-13-15(8-23)19(26)20(10-24,11-25)18(16(13)9-27)14-4-3-12(21)7-17(14)22/h3-5,7,16,18H,2,6,9,26H2,1H3. The van der Waals surface area contributed by atoms with E-state index in [0.717, 1.165) is 12.1 Å². The summed E-state index contributed by atoms with van der Waals surface area (Å²) >= 11 is 0. The summed E-state index contributed by atoms with van der Waals surface area (Å²) in [5.74, 6) is -3.02. The Balaban J connectivity index is 2.34. The number of nitrogens with two attached hydrogens (primary N) is 1. The van der Waals surface area contributed by atoms with Crippen LogP contribution in [0.2, 0.25) is 0 Å². The van der Waals surface area contributed by atoms with Crippen LogP contribution in [0.1, 0.15) is 18.4 Å². The third-order valence-electron chi connectivity index (χ3n) is 5.48. The molecular weight excluding hydrogens is 348 g/mol. The fraction of sp³-hybridized carbons (Fsp3) is 0.350. The molecule has 27 heavy (non-hydrogen) atoms. The van der Waals surface area contributed by atoms with E-state index < -0.39 is 28.9 Å². The smallest absolute Gasteiger partial charge is 0.191 e. The van der Waals surface area contributed by atoms with Gasteiger partial charge in [-0.15, -0.1) is 0 Å². The van der Waals surface area contributed by atoms with Crippen molar-refractivity contribution in [2.45, 2.75) is 12.8 Å². The molecule has 5 nitrogen and oxygen atoms in total. The van der Waals surface area contributed by atoms with E-state index in [-0.39, 0.29) is 16.8 Å². The Labute approximate surface area is 156 Å². The lowest BCUT2D eigenvalue weighted by atomic mass is 9.58. The van der Waals surface area contributed by atoms with Crippen molar-refractivity contribution in [3.05, 3.63) is 58.3 Å². The van der Waals surface area contributed by atoms with Crippen molar-refractivity contribution in [1.82, 2.24) is 4.90 Å². The van der Waals surface area contributed by atoms with Crippen molar-refractivity contribution < 1.29 is 8.78 Å². The number of halogens is 2. The van der Waals surface area contributed by atoms with Crippen molar-refractivity contribution in [1.29, 1.82) is 15.8 Å². The Morgan fingerprint density at radius 2 is 1.96 bits per heavy atom. The number of hydrogen-bond donors (Lipinski definition) is 1. The topological polar surface area (TPSA) is 101 Å². The van der Waals surface area contributed by atoms with Crippen LogP contribution in [0.15, 0.2) is 41.1 Å². The maximum Gasteiger partial charge on any atom is 0.191 e. The molecule has 2 atom stereocenters. The summed E-state index contributed by atoms with van der Waals surface area (Å²) in [6, 6.07) is 8.98. The molecule has 1 aromatic rings. The van der Waals surface area contributed by atoms with Crippen LogP contribution >= 0.6 is 0 Å². The number of nitrogens with zero attached hydrogens (tertiary/aromatic N) is 4. The number of likely N-dealkylation sites (N-methyl/N-ethyl adjacent to an activating group) is 1. The Morgan fingerprint density at radius 1 is 1.26 bits per heavy atom. The summed E-state index contributed by atoms with van der Waals surface area (Å²) in [6.07, 6.45) is 1.84. The highest BCUT2D eigenvalue weighted by Gasteiger charge is 2.55. The molecule has 0 fully saturated rings. The van der Waals surface area contributed by atoms with Crippen LogP contribution in [-0.2, 0) is 0 Å². The molecule has 0 bridgehead atoms. The summed E-state index contributed by atoms with van der Waals surface area (Å²) in [4.78, 5) is 2.07. The van der Waals surface area contributed by atoms with Crippen LogP contribution in [-0.4, -0.2) is 24.5 Å². The van der Waals surface area contributed by atoms with E-state index in [1.165, 1.54) is 6.07 Å². The number of benzene rings is 1. The zero-order valence-electron chi connectivity index (χ0n) is 14.7.